The molecule has 9 nitrogen and oxygen atoms in total. The van der Waals surface area contributed by atoms with Gasteiger partial charge < -0.3 is 10.4 Å². The van der Waals surface area contributed by atoms with Crippen LogP contribution < -0.4 is 5.32 Å². The molecule has 0 saturated heterocycles. The van der Waals surface area contributed by atoms with Gasteiger partial charge in [0.25, 0.3) is 0 Å². The summed E-state index contributed by atoms with van der Waals surface area (Å²) in [4.78, 5) is 11.4. The Morgan fingerprint density at radius 2 is 2.33 bits per heavy atom. The topological polar surface area (TPSA) is 111 Å². The number of hydrogen-bond acceptors (Lipinski definition) is 7. The van der Waals surface area contributed by atoms with Gasteiger partial charge in [-0.1, -0.05) is 11.8 Å². The van der Waals surface area contributed by atoms with Gasteiger partial charge in [-0.25, -0.2) is 9.48 Å². The summed E-state index contributed by atoms with van der Waals surface area (Å²) in [6, 6.07) is 0.281. The fourth-order valence-electron chi connectivity index (χ4n) is 3.04. The third-order valence-electron chi connectivity index (χ3n) is 4.20. The van der Waals surface area contributed by atoms with E-state index in [4.69, 9.17) is 0 Å². The Balaban J connectivity index is 1.56. The number of carbonyl (C=O) groups is 1. The molecule has 0 amide bonds. The van der Waals surface area contributed by atoms with Crippen LogP contribution in [0.5, 0.6) is 0 Å². The molecule has 0 unspecified atom stereocenters. The summed E-state index contributed by atoms with van der Waals surface area (Å²) in [5.41, 5.74) is 2.17. The molecule has 2 aromatic heterocycles. The maximum absolute atomic E-state index is 11.4. The molecule has 2 N–H and O–H groups in total. The minimum atomic E-state index is -0.940. The van der Waals surface area contributed by atoms with Crippen molar-refractivity contribution in [1.29, 1.82) is 0 Å². The van der Waals surface area contributed by atoms with Crippen LogP contribution in [0.3, 0.4) is 0 Å². The van der Waals surface area contributed by atoms with Gasteiger partial charge in [0.15, 0.2) is 5.69 Å². The van der Waals surface area contributed by atoms with Crippen molar-refractivity contribution in [1.82, 2.24) is 35.3 Å². The number of fused-ring (bicyclic) bond motifs is 1. The van der Waals surface area contributed by atoms with Crippen LogP contribution in [0.1, 0.15) is 35.1 Å². The predicted molar refractivity (Wildman–Crippen MR) is 88.2 cm³/mol. The predicted octanol–water partition coefficient (Wildman–Crippen LogP) is 0.364. The van der Waals surface area contributed by atoms with Gasteiger partial charge in [0.2, 0.25) is 5.16 Å². The summed E-state index contributed by atoms with van der Waals surface area (Å²) in [5.74, 6) is -0.0816. The Hall–Kier alpha value is -1.94. The normalized spacial score (nSPS) is 17.0. The Kier molecular flexibility index (Phi) is 5.14. The second kappa shape index (κ2) is 7.31. The van der Waals surface area contributed by atoms with Gasteiger partial charge in [-0.15, -0.1) is 5.10 Å². The number of rotatable bonds is 7. The van der Waals surface area contributed by atoms with Crippen molar-refractivity contribution in [3.8, 4) is 0 Å². The van der Waals surface area contributed by atoms with E-state index in [0.717, 1.165) is 41.6 Å². The average Bonchev–Trinajstić information content (AvgIpc) is 3.14. The molecule has 1 aliphatic rings. The molecule has 3 rings (SSSR count). The van der Waals surface area contributed by atoms with Crippen molar-refractivity contribution in [2.75, 3.05) is 12.3 Å². The molecule has 2 aromatic rings. The summed E-state index contributed by atoms with van der Waals surface area (Å²) in [6.45, 7) is 3.51. The maximum atomic E-state index is 11.4. The number of aromatic nitrogens is 6. The van der Waals surface area contributed by atoms with E-state index in [1.165, 1.54) is 0 Å². The molecule has 0 bridgehead atoms. The highest BCUT2D eigenvalue weighted by atomic mass is 32.2. The van der Waals surface area contributed by atoms with Crippen molar-refractivity contribution in [2.24, 2.45) is 7.05 Å². The second-order valence-electron chi connectivity index (χ2n) is 5.72. The van der Waals surface area contributed by atoms with E-state index in [1.54, 1.807) is 16.4 Å². The van der Waals surface area contributed by atoms with Gasteiger partial charge in [0.1, 0.15) is 0 Å². The first kappa shape index (κ1) is 16.9. The van der Waals surface area contributed by atoms with Gasteiger partial charge in [-0.3, -0.25) is 4.68 Å². The van der Waals surface area contributed by atoms with Crippen LogP contribution >= 0.6 is 11.8 Å². The second-order valence-corrected chi connectivity index (χ2v) is 6.78. The highest BCUT2D eigenvalue weighted by Crippen LogP contribution is 2.25. The zero-order valence-corrected chi connectivity index (χ0v) is 14.6. The first-order valence-corrected chi connectivity index (χ1v) is 8.99. The van der Waals surface area contributed by atoms with E-state index in [9.17, 15) is 9.90 Å². The van der Waals surface area contributed by atoms with Gasteiger partial charge in [-0.05, 0) is 36.6 Å². The molecule has 0 fully saturated rings. The monoisotopic (exact) mass is 351 g/mol. The molecule has 0 saturated carbocycles. The van der Waals surface area contributed by atoms with Crippen LogP contribution in [-0.2, 0) is 26.4 Å². The van der Waals surface area contributed by atoms with Crippen LogP contribution in [-0.4, -0.2) is 59.4 Å². The minimum absolute atomic E-state index is 0.206. The SMILES string of the molecule is CCn1nc(C(=O)O)c2c1CC[C@@H](NCCSc1nnnn1C)C2. The Morgan fingerprint density at radius 1 is 1.50 bits per heavy atom. The molecule has 0 spiro atoms. The number of tetrazole rings is 1. The van der Waals surface area contributed by atoms with Crippen molar-refractivity contribution in [3.05, 3.63) is 17.0 Å². The van der Waals surface area contributed by atoms with E-state index in [0.29, 0.717) is 13.0 Å². The van der Waals surface area contributed by atoms with Crippen LogP contribution in [0.25, 0.3) is 0 Å². The number of aryl methyl sites for hydroxylation is 2. The molecule has 10 heteroatoms. The lowest BCUT2D eigenvalue weighted by molar-refractivity contribution is 0.0688. The van der Waals surface area contributed by atoms with Gasteiger partial charge in [0.05, 0.1) is 0 Å². The van der Waals surface area contributed by atoms with E-state index in [-0.39, 0.29) is 11.7 Å². The lowest BCUT2D eigenvalue weighted by Gasteiger charge is -2.24. The summed E-state index contributed by atoms with van der Waals surface area (Å²) in [5, 5.41) is 29.2. The number of aromatic carboxylic acids is 1. The summed E-state index contributed by atoms with van der Waals surface area (Å²) < 4.78 is 3.47. The van der Waals surface area contributed by atoms with Crippen molar-refractivity contribution in [2.45, 2.75) is 43.9 Å². The van der Waals surface area contributed by atoms with E-state index in [2.05, 4.69) is 25.9 Å². The highest BCUT2D eigenvalue weighted by Gasteiger charge is 2.28. The molecule has 2 heterocycles. The molecule has 130 valence electrons. The molecule has 0 aromatic carbocycles. The van der Waals surface area contributed by atoms with Gasteiger partial charge in [-0.2, -0.15) is 5.10 Å². The zero-order valence-electron chi connectivity index (χ0n) is 13.8. The Bertz CT molecular complexity index is 727. The Labute approximate surface area is 143 Å². The smallest absolute Gasteiger partial charge is 0.356 e. The van der Waals surface area contributed by atoms with Gasteiger partial charge in [0, 0.05) is 43.2 Å². The number of carboxylic acids is 1. The van der Waals surface area contributed by atoms with E-state index in [1.807, 2.05) is 18.7 Å². The van der Waals surface area contributed by atoms with Crippen LogP contribution in [0.2, 0.25) is 0 Å². The van der Waals surface area contributed by atoms with Gasteiger partial charge >= 0.3 is 5.97 Å². The van der Waals surface area contributed by atoms with Crippen LogP contribution in [0.15, 0.2) is 5.16 Å². The lowest BCUT2D eigenvalue weighted by Crippen LogP contribution is -2.36. The molecular weight excluding hydrogens is 330 g/mol. The van der Waals surface area contributed by atoms with Crippen LogP contribution in [0, 0.1) is 0 Å². The number of carboxylic acid groups (broad SMARTS) is 1. The zero-order chi connectivity index (χ0) is 17.1. The summed E-state index contributed by atoms with van der Waals surface area (Å²) in [7, 11) is 1.82. The Morgan fingerprint density at radius 3 is 3.00 bits per heavy atom. The molecule has 0 aliphatic heterocycles. The number of nitrogens with zero attached hydrogens (tertiary/aromatic N) is 6. The third kappa shape index (κ3) is 3.44. The van der Waals surface area contributed by atoms with Crippen molar-refractivity contribution < 1.29 is 9.90 Å². The fourth-order valence-corrected chi connectivity index (χ4v) is 3.76. The quantitative estimate of drug-likeness (QED) is 0.543. The molecular formula is C14H21N7O2S. The third-order valence-corrected chi connectivity index (χ3v) is 5.21. The standard InChI is InChI=1S/C14H21N7O2S/c1-3-21-11-5-4-9(8-10(11)12(17-21)13(22)23)15-6-7-24-14-16-18-19-20(14)2/h9,15H,3-8H2,1-2H3,(H,22,23)/t9-/m1/s1. The minimum Gasteiger partial charge on any atom is -0.476 e. The van der Waals surface area contributed by atoms with Crippen LogP contribution in [0.4, 0.5) is 0 Å². The largest absolute Gasteiger partial charge is 0.476 e. The fraction of sp³-hybridized carbons (Fsp3) is 0.643. The average molecular weight is 351 g/mol. The first-order chi connectivity index (χ1) is 11.6. The molecule has 1 atom stereocenters. The first-order valence-electron chi connectivity index (χ1n) is 8.00. The number of nitrogens with one attached hydrogen (secondary N) is 1. The van der Waals surface area contributed by atoms with E-state index >= 15 is 0 Å². The van der Waals surface area contributed by atoms with E-state index < -0.39 is 5.97 Å². The van der Waals surface area contributed by atoms with Crippen molar-refractivity contribution in [3.63, 3.8) is 0 Å². The lowest BCUT2D eigenvalue weighted by atomic mass is 9.91. The maximum Gasteiger partial charge on any atom is 0.356 e. The number of hydrogen-bond donors (Lipinski definition) is 2. The molecule has 24 heavy (non-hydrogen) atoms. The molecule has 0 radical (unpaired) electrons. The number of thioether (sulfide) groups is 1. The highest BCUT2D eigenvalue weighted by molar-refractivity contribution is 7.99. The molecule has 1 aliphatic carbocycles. The summed E-state index contributed by atoms with van der Waals surface area (Å²) in [6.07, 6.45) is 2.57. The van der Waals surface area contributed by atoms with Crippen molar-refractivity contribution >= 4 is 17.7 Å². The summed E-state index contributed by atoms with van der Waals surface area (Å²) >= 11 is 1.60.